The third-order valence-corrected chi connectivity index (χ3v) is 4.11. The van der Waals surface area contributed by atoms with E-state index in [1.54, 1.807) is 24.3 Å². The van der Waals surface area contributed by atoms with Gasteiger partial charge in [-0.2, -0.15) is 0 Å². The van der Waals surface area contributed by atoms with Crippen LogP contribution in [0.4, 0.5) is 0 Å². The van der Waals surface area contributed by atoms with Crippen LogP contribution in [0.25, 0.3) is 0 Å². The van der Waals surface area contributed by atoms with E-state index in [0.29, 0.717) is 23.4 Å². The zero-order valence-electron chi connectivity index (χ0n) is 10.1. The molecule has 1 aromatic carbocycles. The first kappa shape index (κ1) is 13.1. The average molecular weight is 265 g/mol. The van der Waals surface area contributed by atoms with E-state index in [2.05, 4.69) is 0 Å². The molecule has 0 aromatic heterocycles. The molecular weight excluding hydrogens is 250 g/mol. The summed E-state index contributed by atoms with van der Waals surface area (Å²) in [6.07, 6.45) is 0.661. The molecule has 0 aliphatic carbocycles. The number of fused-ring (bicyclic) bond motifs is 1. The molecule has 1 N–H and O–H groups in total. The van der Waals surface area contributed by atoms with Crippen molar-refractivity contribution in [1.82, 2.24) is 4.90 Å². The van der Waals surface area contributed by atoms with Gasteiger partial charge in [-0.3, -0.25) is 14.5 Å². The first-order valence-corrected chi connectivity index (χ1v) is 6.87. The molecule has 96 valence electrons. The van der Waals surface area contributed by atoms with E-state index in [9.17, 15) is 9.59 Å². The molecule has 0 spiro atoms. The molecular formula is C13H15NO3S. The van der Waals surface area contributed by atoms with E-state index >= 15 is 0 Å². The second kappa shape index (κ2) is 5.54. The zero-order chi connectivity index (χ0) is 13.1. The van der Waals surface area contributed by atoms with Crippen molar-refractivity contribution in [2.24, 2.45) is 0 Å². The van der Waals surface area contributed by atoms with Gasteiger partial charge in [0.1, 0.15) is 0 Å². The largest absolute Gasteiger partial charge is 0.396 e. The lowest BCUT2D eigenvalue weighted by molar-refractivity contribution is 0.0684. The molecule has 2 rings (SSSR count). The number of aliphatic hydroxyl groups excluding tert-OH is 1. The third-order valence-electron chi connectivity index (χ3n) is 2.90. The summed E-state index contributed by atoms with van der Waals surface area (Å²) in [7, 11) is 0. The average Bonchev–Trinajstić information content (AvgIpc) is 2.61. The highest BCUT2D eigenvalue weighted by molar-refractivity contribution is 7.99. The van der Waals surface area contributed by atoms with Crippen molar-refractivity contribution in [3.63, 3.8) is 0 Å². The maximum atomic E-state index is 12.0. The van der Waals surface area contributed by atoms with Gasteiger partial charge in [0.15, 0.2) is 0 Å². The van der Waals surface area contributed by atoms with E-state index in [1.807, 2.05) is 6.92 Å². The monoisotopic (exact) mass is 265 g/mol. The van der Waals surface area contributed by atoms with Gasteiger partial charge in [-0.05, 0) is 18.6 Å². The van der Waals surface area contributed by atoms with Crippen LogP contribution in [-0.4, -0.2) is 39.6 Å². The summed E-state index contributed by atoms with van der Waals surface area (Å²) in [6, 6.07) is 6.87. The summed E-state index contributed by atoms with van der Waals surface area (Å²) in [5.74, 6) is -0.105. The molecule has 1 aliphatic heterocycles. The lowest BCUT2D eigenvalue weighted by Crippen LogP contribution is -2.30. The van der Waals surface area contributed by atoms with Crippen LogP contribution in [-0.2, 0) is 0 Å². The summed E-state index contributed by atoms with van der Waals surface area (Å²) in [5, 5.41) is 9.04. The van der Waals surface area contributed by atoms with Gasteiger partial charge < -0.3 is 5.11 Å². The van der Waals surface area contributed by atoms with Gasteiger partial charge in [0.05, 0.1) is 17.0 Å². The lowest BCUT2D eigenvalue weighted by Gasteiger charge is -2.16. The minimum Gasteiger partial charge on any atom is -0.396 e. The summed E-state index contributed by atoms with van der Waals surface area (Å²) in [4.78, 5) is 25.3. The number of benzene rings is 1. The standard InChI is InChI=1S/C13H15NO3S/c1-9(6-7-15)18-8-14-12(16)10-4-2-3-5-11(10)13(14)17/h2-5,9,15H,6-8H2,1H3. The van der Waals surface area contributed by atoms with Crippen molar-refractivity contribution in [3.05, 3.63) is 35.4 Å². The molecule has 2 amide bonds. The fourth-order valence-corrected chi connectivity index (χ4v) is 2.73. The van der Waals surface area contributed by atoms with Gasteiger partial charge in [-0.25, -0.2) is 0 Å². The molecule has 1 heterocycles. The van der Waals surface area contributed by atoms with Crippen LogP contribution in [0.15, 0.2) is 24.3 Å². The normalized spacial score (nSPS) is 16.0. The molecule has 5 heteroatoms. The SMILES string of the molecule is CC(CCO)SCN1C(=O)c2ccccc2C1=O. The van der Waals surface area contributed by atoms with Crippen molar-refractivity contribution in [3.8, 4) is 0 Å². The van der Waals surface area contributed by atoms with E-state index in [-0.39, 0.29) is 23.7 Å². The number of imide groups is 1. The molecule has 18 heavy (non-hydrogen) atoms. The van der Waals surface area contributed by atoms with Crippen molar-refractivity contribution >= 4 is 23.6 Å². The molecule has 0 saturated heterocycles. The number of hydrogen-bond acceptors (Lipinski definition) is 4. The van der Waals surface area contributed by atoms with E-state index in [4.69, 9.17) is 5.11 Å². The highest BCUT2D eigenvalue weighted by Crippen LogP contribution is 2.25. The maximum absolute atomic E-state index is 12.0. The zero-order valence-corrected chi connectivity index (χ0v) is 10.9. The quantitative estimate of drug-likeness (QED) is 0.824. The van der Waals surface area contributed by atoms with Gasteiger partial charge in [0.2, 0.25) is 0 Å². The minimum atomic E-state index is -0.223. The fraction of sp³-hybridized carbons (Fsp3) is 0.385. The van der Waals surface area contributed by atoms with Gasteiger partial charge in [0, 0.05) is 11.9 Å². The molecule has 0 radical (unpaired) electrons. The Kier molecular flexibility index (Phi) is 4.04. The third kappa shape index (κ3) is 2.42. The fourth-order valence-electron chi connectivity index (χ4n) is 1.82. The van der Waals surface area contributed by atoms with Crippen LogP contribution in [0.2, 0.25) is 0 Å². The first-order valence-electron chi connectivity index (χ1n) is 5.83. The summed E-state index contributed by atoms with van der Waals surface area (Å²) < 4.78 is 0. The van der Waals surface area contributed by atoms with Gasteiger partial charge in [-0.1, -0.05) is 19.1 Å². The van der Waals surface area contributed by atoms with Gasteiger partial charge in [-0.15, -0.1) is 11.8 Å². The Morgan fingerprint density at radius 1 is 1.22 bits per heavy atom. The van der Waals surface area contributed by atoms with Crippen molar-refractivity contribution in [2.75, 3.05) is 12.5 Å². The lowest BCUT2D eigenvalue weighted by atomic mass is 10.1. The second-order valence-corrected chi connectivity index (χ2v) is 5.60. The van der Waals surface area contributed by atoms with Crippen LogP contribution in [0.3, 0.4) is 0 Å². The molecule has 1 aromatic rings. The predicted octanol–water partition coefficient (Wildman–Crippen LogP) is 1.74. The van der Waals surface area contributed by atoms with Gasteiger partial charge >= 0.3 is 0 Å². The van der Waals surface area contributed by atoms with E-state index < -0.39 is 0 Å². The Morgan fingerprint density at radius 3 is 2.28 bits per heavy atom. The molecule has 1 aliphatic rings. The van der Waals surface area contributed by atoms with E-state index in [0.717, 1.165) is 0 Å². The number of carbonyl (C=O) groups is 2. The number of carbonyl (C=O) groups excluding carboxylic acids is 2. The molecule has 0 fully saturated rings. The van der Waals surface area contributed by atoms with Crippen LogP contribution in [0.1, 0.15) is 34.1 Å². The Hall–Kier alpha value is -1.33. The minimum absolute atomic E-state index is 0.121. The number of amides is 2. The smallest absolute Gasteiger partial charge is 0.262 e. The molecule has 0 bridgehead atoms. The summed E-state index contributed by atoms with van der Waals surface area (Å²) in [6.45, 7) is 2.09. The number of hydrogen-bond donors (Lipinski definition) is 1. The van der Waals surface area contributed by atoms with E-state index in [1.165, 1.54) is 16.7 Å². The Labute approximate surface area is 110 Å². The number of aliphatic hydroxyl groups is 1. The van der Waals surface area contributed by atoms with Crippen LogP contribution in [0.5, 0.6) is 0 Å². The van der Waals surface area contributed by atoms with Crippen LogP contribution >= 0.6 is 11.8 Å². The van der Waals surface area contributed by atoms with Crippen molar-refractivity contribution in [1.29, 1.82) is 0 Å². The molecule has 0 saturated carbocycles. The Bertz CT molecular complexity index is 440. The Morgan fingerprint density at radius 2 is 1.78 bits per heavy atom. The van der Waals surface area contributed by atoms with Gasteiger partial charge in [0.25, 0.3) is 11.8 Å². The van der Waals surface area contributed by atoms with Crippen LogP contribution in [0, 0.1) is 0 Å². The number of nitrogens with zero attached hydrogens (tertiary/aromatic N) is 1. The number of rotatable bonds is 5. The van der Waals surface area contributed by atoms with Crippen LogP contribution < -0.4 is 0 Å². The molecule has 1 unspecified atom stereocenters. The first-order chi connectivity index (χ1) is 8.65. The predicted molar refractivity (Wildman–Crippen MR) is 70.6 cm³/mol. The molecule has 1 atom stereocenters. The van der Waals surface area contributed by atoms with Crippen molar-refractivity contribution in [2.45, 2.75) is 18.6 Å². The second-order valence-electron chi connectivity index (χ2n) is 4.20. The maximum Gasteiger partial charge on any atom is 0.262 e. The summed E-state index contributed by atoms with van der Waals surface area (Å²) >= 11 is 1.50. The topological polar surface area (TPSA) is 57.6 Å². The highest BCUT2D eigenvalue weighted by atomic mass is 32.2. The Balaban J connectivity index is 2.05. The van der Waals surface area contributed by atoms with Crippen molar-refractivity contribution < 1.29 is 14.7 Å². The highest BCUT2D eigenvalue weighted by Gasteiger charge is 2.34. The summed E-state index contributed by atoms with van der Waals surface area (Å²) in [5.41, 5.74) is 0.968. The molecule has 4 nitrogen and oxygen atoms in total. The number of thioether (sulfide) groups is 1.